The van der Waals surface area contributed by atoms with Crippen molar-refractivity contribution >= 4 is 11.8 Å². The molecule has 24 heavy (non-hydrogen) atoms. The normalized spacial score (nSPS) is 10.8. The number of aryl methyl sites for hydroxylation is 1. The second-order valence-electron chi connectivity index (χ2n) is 5.59. The zero-order valence-corrected chi connectivity index (χ0v) is 14.7. The number of aromatic nitrogens is 2. The van der Waals surface area contributed by atoms with Crippen molar-refractivity contribution in [2.45, 2.75) is 24.3 Å². The van der Waals surface area contributed by atoms with E-state index in [2.05, 4.69) is 36.2 Å². The van der Waals surface area contributed by atoms with Gasteiger partial charge in [-0.05, 0) is 18.6 Å². The van der Waals surface area contributed by atoms with Crippen LogP contribution in [0.4, 0.5) is 0 Å². The number of hydrogen-bond donors (Lipinski definition) is 0. The Bertz CT molecular complexity index is 788. The van der Waals surface area contributed by atoms with Crippen LogP contribution in [0.5, 0.6) is 0 Å². The summed E-state index contributed by atoms with van der Waals surface area (Å²) in [5.74, 6) is 1.63. The Labute approximate surface area is 147 Å². The zero-order valence-electron chi connectivity index (χ0n) is 13.9. The number of nitrogens with zero attached hydrogens (tertiary/aromatic N) is 2. The van der Waals surface area contributed by atoms with E-state index in [0.717, 1.165) is 27.9 Å². The smallest absolute Gasteiger partial charge is 0.160 e. The van der Waals surface area contributed by atoms with Crippen molar-refractivity contribution in [1.29, 1.82) is 0 Å². The Kier molecular flexibility index (Phi) is 5.62. The van der Waals surface area contributed by atoms with Crippen molar-refractivity contribution in [3.8, 4) is 11.4 Å². The minimum Gasteiger partial charge on any atom is -0.378 e. The van der Waals surface area contributed by atoms with E-state index in [1.807, 2.05) is 36.4 Å². The highest BCUT2D eigenvalue weighted by Crippen LogP contribution is 2.25. The van der Waals surface area contributed by atoms with Crippen LogP contribution in [-0.4, -0.2) is 17.1 Å². The van der Waals surface area contributed by atoms with Gasteiger partial charge in [-0.2, -0.15) is 0 Å². The molecule has 1 heterocycles. The van der Waals surface area contributed by atoms with E-state index in [1.165, 1.54) is 11.1 Å². The summed E-state index contributed by atoms with van der Waals surface area (Å²) in [5.41, 5.74) is 4.49. The molecule has 122 valence electrons. The van der Waals surface area contributed by atoms with Gasteiger partial charge in [0.05, 0.1) is 12.3 Å². The summed E-state index contributed by atoms with van der Waals surface area (Å²) in [7, 11) is 1.68. The predicted molar refractivity (Wildman–Crippen MR) is 98.9 cm³/mol. The summed E-state index contributed by atoms with van der Waals surface area (Å²) in [6, 6.07) is 20.7. The number of benzene rings is 2. The SMILES string of the molecule is COCc1cc(SCc2ccc(C)cc2)nc(-c2ccccc2)n1. The molecule has 0 aliphatic rings. The molecule has 0 aliphatic heterocycles. The first-order valence-electron chi connectivity index (χ1n) is 7.85. The maximum Gasteiger partial charge on any atom is 0.160 e. The minimum absolute atomic E-state index is 0.487. The van der Waals surface area contributed by atoms with Crippen LogP contribution in [0.15, 0.2) is 65.7 Å². The summed E-state index contributed by atoms with van der Waals surface area (Å²) in [4.78, 5) is 9.33. The average molecular weight is 336 g/mol. The molecule has 0 aliphatic carbocycles. The molecule has 0 fully saturated rings. The molecule has 0 saturated carbocycles. The Hall–Kier alpha value is -2.17. The molecule has 0 amide bonds. The quantitative estimate of drug-likeness (QED) is 0.474. The number of rotatable bonds is 6. The van der Waals surface area contributed by atoms with Gasteiger partial charge in [-0.3, -0.25) is 0 Å². The van der Waals surface area contributed by atoms with Crippen molar-refractivity contribution in [3.05, 3.63) is 77.5 Å². The topological polar surface area (TPSA) is 35.0 Å². The van der Waals surface area contributed by atoms with Gasteiger partial charge in [0.25, 0.3) is 0 Å². The van der Waals surface area contributed by atoms with E-state index in [-0.39, 0.29) is 0 Å². The highest BCUT2D eigenvalue weighted by atomic mass is 32.2. The summed E-state index contributed by atoms with van der Waals surface area (Å²) in [6.45, 7) is 2.59. The van der Waals surface area contributed by atoms with Crippen LogP contribution in [0.3, 0.4) is 0 Å². The van der Waals surface area contributed by atoms with Crippen molar-refractivity contribution in [1.82, 2.24) is 9.97 Å². The third-order valence-electron chi connectivity index (χ3n) is 3.59. The van der Waals surface area contributed by atoms with Crippen molar-refractivity contribution in [2.24, 2.45) is 0 Å². The van der Waals surface area contributed by atoms with Gasteiger partial charge in [-0.15, -0.1) is 11.8 Å². The average Bonchev–Trinajstić information content (AvgIpc) is 2.62. The number of ether oxygens (including phenoxy) is 1. The highest BCUT2D eigenvalue weighted by molar-refractivity contribution is 7.98. The third-order valence-corrected chi connectivity index (χ3v) is 4.57. The van der Waals surface area contributed by atoms with Gasteiger partial charge < -0.3 is 4.74 Å². The molecule has 0 spiro atoms. The maximum atomic E-state index is 5.25. The fourth-order valence-electron chi connectivity index (χ4n) is 2.33. The Balaban J connectivity index is 1.83. The molecule has 0 atom stereocenters. The zero-order chi connectivity index (χ0) is 16.8. The largest absolute Gasteiger partial charge is 0.378 e. The number of hydrogen-bond acceptors (Lipinski definition) is 4. The van der Waals surface area contributed by atoms with Crippen LogP contribution in [0.1, 0.15) is 16.8 Å². The third kappa shape index (κ3) is 4.43. The van der Waals surface area contributed by atoms with Crippen molar-refractivity contribution in [2.75, 3.05) is 7.11 Å². The minimum atomic E-state index is 0.487. The Morgan fingerprint density at radius 2 is 1.71 bits per heavy atom. The Morgan fingerprint density at radius 1 is 0.958 bits per heavy atom. The molecular weight excluding hydrogens is 316 g/mol. The first-order valence-corrected chi connectivity index (χ1v) is 8.84. The second-order valence-corrected chi connectivity index (χ2v) is 6.59. The lowest BCUT2D eigenvalue weighted by atomic mass is 10.2. The molecule has 0 saturated heterocycles. The molecule has 2 aromatic carbocycles. The Morgan fingerprint density at radius 3 is 2.42 bits per heavy atom. The van der Waals surface area contributed by atoms with E-state index in [4.69, 9.17) is 9.72 Å². The predicted octanol–water partition coefficient (Wildman–Crippen LogP) is 4.89. The van der Waals surface area contributed by atoms with Crippen LogP contribution in [0, 0.1) is 6.92 Å². The van der Waals surface area contributed by atoms with Crippen LogP contribution in [0.25, 0.3) is 11.4 Å². The molecule has 3 rings (SSSR count). The lowest BCUT2D eigenvalue weighted by Crippen LogP contribution is -1.99. The van der Waals surface area contributed by atoms with Gasteiger partial charge in [0, 0.05) is 18.4 Å². The second kappa shape index (κ2) is 8.08. The molecular formula is C20H20N2OS. The van der Waals surface area contributed by atoms with E-state index >= 15 is 0 Å². The molecule has 0 radical (unpaired) electrons. The van der Waals surface area contributed by atoms with E-state index in [0.29, 0.717) is 6.61 Å². The first-order chi connectivity index (χ1) is 11.7. The fraction of sp³-hybridized carbons (Fsp3) is 0.200. The van der Waals surface area contributed by atoms with Crippen molar-refractivity contribution < 1.29 is 4.74 Å². The van der Waals surface area contributed by atoms with Gasteiger partial charge in [-0.25, -0.2) is 9.97 Å². The summed E-state index contributed by atoms with van der Waals surface area (Å²) in [6.07, 6.45) is 0. The van der Waals surface area contributed by atoms with Crippen molar-refractivity contribution in [3.63, 3.8) is 0 Å². The van der Waals surface area contributed by atoms with Gasteiger partial charge in [0.15, 0.2) is 5.82 Å². The lowest BCUT2D eigenvalue weighted by molar-refractivity contribution is 0.181. The molecule has 4 heteroatoms. The van der Waals surface area contributed by atoms with Gasteiger partial charge >= 0.3 is 0 Å². The van der Waals surface area contributed by atoms with Gasteiger partial charge in [0.1, 0.15) is 5.03 Å². The summed E-state index contributed by atoms with van der Waals surface area (Å²) >= 11 is 1.72. The molecule has 3 nitrogen and oxygen atoms in total. The van der Waals surface area contributed by atoms with Gasteiger partial charge in [-0.1, -0.05) is 60.2 Å². The first kappa shape index (κ1) is 16.7. The fourth-order valence-corrected chi connectivity index (χ4v) is 3.20. The van der Waals surface area contributed by atoms with E-state index < -0.39 is 0 Å². The molecule has 3 aromatic rings. The highest BCUT2D eigenvalue weighted by Gasteiger charge is 2.08. The van der Waals surface area contributed by atoms with Crippen LogP contribution in [-0.2, 0) is 17.1 Å². The molecule has 0 bridgehead atoms. The van der Waals surface area contributed by atoms with Crippen LogP contribution < -0.4 is 0 Å². The van der Waals surface area contributed by atoms with Gasteiger partial charge in [0.2, 0.25) is 0 Å². The standard InChI is InChI=1S/C20H20N2OS/c1-15-8-10-16(11-9-15)14-24-19-12-18(13-23-2)21-20(22-19)17-6-4-3-5-7-17/h3-12H,13-14H2,1-2H3. The summed E-state index contributed by atoms with van der Waals surface area (Å²) in [5, 5.41) is 0.969. The van der Waals surface area contributed by atoms with Crippen LogP contribution in [0.2, 0.25) is 0 Å². The monoisotopic (exact) mass is 336 g/mol. The molecule has 1 aromatic heterocycles. The number of methoxy groups -OCH3 is 1. The number of thioether (sulfide) groups is 1. The molecule has 0 N–H and O–H groups in total. The van der Waals surface area contributed by atoms with Crippen LogP contribution >= 0.6 is 11.8 Å². The maximum absolute atomic E-state index is 5.25. The van der Waals surface area contributed by atoms with E-state index in [1.54, 1.807) is 18.9 Å². The molecule has 0 unspecified atom stereocenters. The lowest BCUT2D eigenvalue weighted by Gasteiger charge is -2.08. The van der Waals surface area contributed by atoms with E-state index in [9.17, 15) is 0 Å². The summed E-state index contributed by atoms with van der Waals surface area (Å²) < 4.78 is 5.25.